The van der Waals surface area contributed by atoms with Gasteiger partial charge in [-0.1, -0.05) is 12.1 Å². The number of benzene rings is 1. The van der Waals surface area contributed by atoms with Crippen LogP contribution in [0.1, 0.15) is 35.0 Å². The summed E-state index contributed by atoms with van der Waals surface area (Å²) in [4.78, 5) is 26.4. The van der Waals surface area contributed by atoms with E-state index in [1.807, 2.05) is 29.2 Å². The number of para-hydroxylation sites is 2. The number of hydrogen-bond acceptors (Lipinski definition) is 4. The molecule has 1 aliphatic heterocycles. The van der Waals surface area contributed by atoms with Crippen molar-refractivity contribution in [2.24, 2.45) is 5.92 Å². The lowest BCUT2D eigenvalue weighted by Gasteiger charge is -2.31. The number of carbonyl (C=O) groups excluding carboxylic acids is 1. The van der Waals surface area contributed by atoms with Crippen molar-refractivity contribution in [2.75, 3.05) is 13.1 Å². The number of likely N-dealkylation sites (tertiary alicyclic amines) is 1. The van der Waals surface area contributed by atoms with Crippen molar-refractivity contribution in [1.29, 1.82) is 0 Å². The molecule has 6 nitrogen and oxygen atoms in total. The van der Waals surface area contributed by atoms with Crippen LogP contribution in [0.2, 0.25) is 0 Å². The lowest BCUT2D eigenvalue weighted by molar-refractivity contribution is 0.0684. The number of aromatic nitrogens is 3. The number of hydrogen-bond donors (Lipinski definition) is 1. The number of piperidine rings is 1. The zero-order valence-corrected chi connectivity index (χ0v) is 13.7. The first kappa shape index (κ1) is 14.9. The van der Waals surface area contributed by atoms with Gasteiger partial charge in [-0.15, -0.1) is 0 Å². The van der Waals surface area contributed by atoms with Crippen LogP contribution in [-0.2, 0) is 6.42 Å². The van der Waals surface area contributed by atoms with Crippen molar-refractivity contribution in [3.05, 3.63) is 47.9 Å². The van der Waals surface area contributed by atoms with Gasteiger partial charge in [-0.25, -0.2) is 9.97 Å². The molecule has 1 saturated heterocycles. The predicted molar refractivity (Wildman–Crippen MR) is 89.7 cm³/mol. The molecule has 2 aromatic heterocycles. The Morgan fingerprint density at radius 1 is 1.29 bits per heavy atom. The highest BCUT2D eigenvalue weighted by Gasteiger charge is 2.26. The maximum Gasteiger partial charge on any atom is 0.275 e. The van der Waals surface area contributed by atoms with Gasteiger partial charge in [-0.3, -0.25) is 4.79 Å². The average molecular weight is 324 g/mol. The van der Waals surface area contributed by atoms with Gasteiger partial charge in [0.25, 0.3) is 5.91 Å². The molecule has 124 valence electrons. The molecule has 0 aliphatic carbocycles. The first-order valence-electron chi connectivity index (χ1n) is 8.34. The van der Waals surface area contributed by atoms with E-state index in [0.29, 0.717) is 17.5 Å². The third kappa shape index (κ3) is 2.91. The summed E-state index contributed by atoms with van der Waals surface area (Å²) in [5.74, 6) is 2.08. The minimum absolute atomic E-state index is 0.0333. The van der Waals surface area contributed by atoms with Gasteiger partial charge >= 0.3 is 0 Å². The van der Waals surface area contributed by atoms with E-state index in [1.165, 1.54) is 6.26 Å². The fourth-order valence-electron chi connectivity index (χ4n) is 3.34. The van der Waals surface area contributed by atoms with Gasteiger partial charge in [0.15, 0.2) is 11.6 Å². The van der Waals surface area contributed by atoms with E-state index in [0.717, 1.165) is 49.2 Å². The Morgan fingerprint density at radius 2 is 2.08 bits per heavy atom. The van der Waals surface area contributed by atoms with Gasteiger partial charge in [-0.2, -0.15) is 0 Å². The minimum atomic E-state index is -0.0333. The summed E-state index contributed by atoms with van der Waals surface area (Å²) in [5, 5.41) is 0. The van der Waals surface area contributed by atoms with E-state index in [1.54, 1.807) is 6.92 Å². The Labute approximate surface area is 139 Å². The van der Waals surface area contributed by atoms with Crippen LogP contribution in [0.15, 0.2) is 34.9 Å². The van der Waals surface area contributed by atoms with Crippen molar-refractivity contribution < 1.29 is 9.21 Å². The predicted octanol–water partition coefficient (Wildman–Crippen LogP) is 2.95. The smallest absolute Gasteiger partial charge is 0.275 e. The highest BCUT2D eigenvalue weighted by Crippen LogP contribution is 2.23. The van der Waals surface area contributed by atoms with E-state index < -0.39 is 0 Å². The Kier molecular flexibility index (Phi) is 3.80. The summed E-state index contributed by atoms with van der Waals surface area (Å²) in [6, 6.07) is 8.09. The molecule has 0 saturated carbocycles. The normalized spacial score (nSPS) is 16.0. The zero-order valence-electron chi connectivity index (χ0n) is 13.7. The largest absolute Gasteiger partial charge is 0.448 e. The van der Waals surface area contributed by atoms with Crippen LogP contribution in [0.4, 0.5) is 0 Å². The molecule has 1 N–H and O–H groups in total. The molecule has 4 rings (SSSR count). The average Bonchev–Trinajstić information content (AvgIpc) is 3.20. The van der Waals surface area contributed by atoms with E-state index >= 15 is 0 Å². The van der Waals surface area contributed by atoms with Crippen molar-refractivity contribution in [3.8, 4) is 0 Å². The molecule has 1 fully saturated rings. The van der Waals surface area contributed by atoms with Gasteiger partial charge in [-0.05, 0) is 30.9 Å². The Balaban J connectivity index is 1.36. The quantitative estimate of drug-likeness (QED) is 0.804. The number of oxazole rings is 1. The molecule has 1 aliphatic rings. The number of amides is 1. The maximum absolute atomic E-state index is 12.4. The van der Waals surface area contributed by atoms with E-state index in [-0.39, 0.29) is 5.91 Å². The molecule has 0 unspecified atom stereocenters. The number of H-pyrrole nitrogens is 1. The number of nitrogens with zero attached hydrogens (tertiary/aromatic N) is 3. The Hall–Kier alpha value is -2.63. The van der Waals surface area contributed by atoms with Gasteiger partial charge < -0.3 is 14.3 Å². The molecule has 0 spiro atoms. The summed E-state index contributed by atoms with van der Waals surface area (Å²) in [6.07, 6.45) is 4.34. The second-order valence-corrected chi connectivity index (χ2v) is 6.39. The molecule has 6 heteroatoms. The molecule has 24 heavy (non-hydrogen) atoms. The highest BCUT2D eigenvalue weighted by molar-refractivity contribution is 5.92. The molecular weight excluding hydrogens is 304 g/mol. The van der Waals surface area contributed by atoms with Crippen molar-refractivity contribution in [3.63, 3.8) is 0 Å². The van der Waals surface area contributed by atoms with Crippen LogP contribution in [0.3, 0.4) is 0 Å². The maximum atomic E-state index is 12.4. The SMILES string of the molecule is Cc1nc(C(=O)N2CCC(Cc3nc4ccccc4[nH]3)CC2)co1. The second kappa shape index (κ2) is 6.11. The Morgan fingerprint density at radius 3 is 2.79 bits per heavy atom. The van der Waals surface area contributed by atoms with E-state index in [2.05, 4.69) is 15.0 Å². The van der Waals surface area contributed by atoms with Crippen LogP contribution in [-0.4, -0.2) is 38.8 Å². The second-order valence-electron chi connectivity index (χ2n) is 6.39. The molecule has 3 heterocycles. The summed E-state index contributed by atoms with van der Waals surface area (Å²) < 4.78 is 5.13. The third-order valence-corrected chi connectivity index (χ3v) is 4.66. The molecule has 1 aromatic carbocycles. The lowest BCUT2D eigenvalue weighted by Crippen LogP contribution is -2.39. The van der Waals surface area contributed by atoms with Gasteiger partial charge in [0.1, 0.15) is 12.1 Å². The fraction of sp³-hybridized carbons (Fsp3) is 0.389. The number of carbonyl (C=O) groups is 1. The van der Waals surface area contributed by atoms with Crippen LogP contribution in [0, 0.1) is 12.8 Å². The minimum Gasteiger partial charge on any atom is -0.448 e. The van der Waals surface area contributed by atoms with Gasteiger partial charge in [0.2, 0.25) is 0 Å². The number of imidazole rings is 1. The van der Waals surface area contributed by atoms with Crippen molar-refractivity contribution >= 4 is 16.9 Å². The number of aryl methyl sites for hydroxylation is 1. The number of aromatic amines is 1. The number of nitrogens with one attached hydrogen (secondary N) is 1. The monoisotopic (exact) mass is 324 g/mol. The molecule has 3 aromatic rings. The topological polar surface area (TPSA) is 75.0 Å². The zero-order chi connectivity index (χ0) is 16.5. The molecule has 0 atom stereocenters. The van der Waals surface area contributed by atoms with Crippen LogP contribution in [0.5, 0.6) is 0 Å². The summed E-state index contributed by atoms with van der Waals surface area (Å²) in [5.41, 5.74) is 2.51. The molecule has 1 amide bonds. The van der Waals surface area contributed by atoms with Crippen LogP contribution >= 0.6 is 0 Å². The summed E-state index contributed by atoms with van der Waals surface area (Å²) in [7, 11) is 0. The number of rotatable bonds is 3. The molecule has 0 bridgehead atoms. The van der Waals surface area contributed by atoms with Gasteiger partial charge in [0.05, 0.1) is 11.0 Å². The van der Waals surface area contributed by atoms with Crippen LogP contribution < -0.4 is 0 Å². The first-order chi connectivity index (χ1) is 11.7. The first-order valence-corrected chi connectivity index (χ1v) is 8.34. The summed E-state index contributed by atoms with van der Waals surface area (Å²) >= 11 is 0. The summed E-state index contributed by atoms with van der Waals surface area (Å²) in [6.45, 7) is 3.27. The molecular formula is C18H20N4O2. The van der Waals surface area contributed by atoms with Crippen LogP contribution in [0.25, 0.3) is 11.0 Å². The third-order valence-electron chi connectivity index (χ3n) is 4.66. The molecule has 0 radical (unpaired) electrons. The lowest BCUT2D eigenvalue weighted by atomic mass is 9.93. The van der Waals surface area contributed by atoms with E-state index in [4.69, 9.17) is 4.42 Å². The van der Waals surface area contributed by atoms with Gasteiger partial charge in [0, 0.05) is 26.4 Å². The number of fused-ring (bicyclic) bond motifs is 1. The standard InChI is InChI=1S/C18H20N4O2/c1-12-19-16(11-24-12)18(23)22-8-6-13(7-9-22)10-17-20-14-4-2-3-5-15(14)21-17/h2-5,11,13H,6-10H2,1H3,(H,20,21). The highest BCUT2D eigenvalue weighted by atomic mass is 16.3. The van der Waals surface area contributed by atoms with Crippen molar-refractivity contribution in [2.45, 2.75) is 26.2 Å². The van der Waals surface area contributed by atoms with E-state index in [9.17, 15) is 4.79 Å². The van der Waals surface area contributed by atoms with Crippen molar-refractivity contribution in [1.82, 2.24) is 19.9 Å². The Bertz CT molecular complexity index is 826. The fourth-order valence-corrected chi connectivity index (χ4v) is 3.34.